The van der Waals surface area contributed by atoms with Crippen LogP contribution in [-0.2, 0) is 0 Å². The molecule has 3 aromatic rings. The molecular formula is C19H19N3O. The van der Waals surface area contributed by atoms with E-state index in [2.05, 4.69) is 0 Å². The van der Waals surface area contributed by atoms with Gasteiger partial charge in [-0.1, -0.05) is 30.3 Å². The van der Waals surface area contributed by atoms with Crippen LogP contribution in [0.4, 0.5) is 0 Å². The molecule has 4 rings (SSSR count). The van der Waals surface area contributed by atoms with Gasteiger partial charge in [0.25, 0.3) is 5.56 Å². The second kappa shape index (κ2) is 5.32. The maximum absolute atomic E-state index is 13.2. The third-order valence-corrected chi connectivity index (χ3v) is 4.57. The lowest BCUT2D eigenvalue weighted by Crippen LogP contribution is -2.29. The summed E-state index contributed by atoms with van der Waals surface area (Å²) in [5.41, 5.74) is 8.87. The van der Waals surface area contributed by atoms with Crippen LogP contribution in [0.25, 0.3) is 16.6 Å². The number of aromatic nitrogens is 2. The summed E-state index contributed by atoms with van der Waals surface area (Å²) in [4.78, 5) is 18.0. The van der Waals surface area contributed by atoms with E-state index in [0.29, 0.717) is 17.1 Å². The Labute approximate surface area is 134 Å². The lowest BCUT2D eigenvalue weighted by molar-refractivity contribution is 0.574. The Hall–Kier alpha value is -2.46. The lowest BCUT2D eigenvalue weighted by Gasteiger charge is -2.18. The molecule has 0 aliphatic heterocycles. The normalized spacial score (nSPS) is 15.7. The minimum atomic E-state index is -0.201. The first kappa shape index (κ1) is 14.2. The molecule has 2 N–H and O–H groups in total. The van der Waals surface area contributed by atoms with Crippen molar-refractivity contribution in [2.75, 3.05) is 0 Å². The molecule has 1 heterocycles. The predicted octanol–water partition coefficient (Wildman–Crippen LogP) is 3.10. The van der Waals surface area contributed by atoms with E-state index in [1.54, 1.807) is 4.57 Å². The van der Waals surface area contributed by atoms with Crippen LogP contribution in [0.3, 0.4) is 0 Å². The summed E-state index contributed by atoms with van der Waals surface area (Å²) in [6.07, 6.45) is 2.22. The van der Waals surface area contributed by atoms with Gasteiger partial charge in [-0.2, -0.15) is 0 Å². The Bertz CT molecular complexity index is 926. The zero-order valence-electron chi connectivity index (χ0n) is 13.1. The van der Waals surface area contributed by atoms with Gasteiger partial charge in [-0.25, -0.2) is 4.98 Å². The molecule has 4 nitrogen and oxygen atoms in total. The zero-order valence-corrected chi connectivity index (χ0v) is 13.1. The topological polar surface area (TPSA) is 60.9 Å². The molecule has 1 unspecified atom stereocenters. The minimum Gasteiger partial charge on any atom is -0.321 e. The molecule has 116 valence electrons. The molecule has 0 spiro atoms. The van der Waals surface area contributed by atoms with E-state index in [-0.39, 0.29) is 11.6 Å². The van der Waals surface area contributed by atoms with Crippen LogP contribution < -0.4 is 11.3 Å². The third kappa shape index (κ3) is 2.35. The molecular weight excluding hydrogens is 286 g/mol. The van der Waals surface area contributed by atoms with E-state index >= 15 is 0 Å². The van der Waals surface area contributed by atoms with Crippen molar-refractivity contribution in [2.24, 2.45) is 11.7 Å². The molecule has 23 heavy (non-hydrogen) atoms. The number of para-hydroxylation sites is 1. The zero-order chi connectivity index (χ0) is 16.0. The van der Waals surface area contributed by atoms with Crippen LogP contribution in [0.1, 0.15) is 30.3 Å². The third-order valence-electron chi connectivity index (χ3n) is 4.57. The molecule has 1 saturated carbocycles. The van der Waals surface area contributed by atoms with E-state index < -0.39 is 0 Å². The largest absolute Gasteiger partial charge is 0.321 e. The summed E-state index contributed by atoms with van der Waals surface area (Å²) >= 11 is 0. The van der Waals surface area contributed by atoms with E-state index in [0.717, 1.165) is 29.6 Å². The van der Waals surface area contributed by atoms with Crippen molar-refractivity contribution in [1.29, 1.82) is 0 Å². The number of nitrogens with zero attached hydrogens (tertiary/aromatic N) is 2. The van der Waals surface area contributed by atoms with Crippen LogP contribution in [0.2, 0.25) is 0 Å². The first-order valence-corrected chi connectivity index (χ1v) is 8.00. The second-order valence-corrected chi connectivity index (χ2v) is 6.28. The highest BCUT2D eigenvalue weighted by Gasteiger charge is 2.33. The molecule has 2 aromatic carbocycles. The molecule has 0 saturated heterocycles. The maximum atomic E-state index is 13.2. The average Bonchev–Trinajstić information content (AvgIpc) is 3.39. The van der Waals surface area contributed by atoms with Crippen molar-refractivity contribution in [2.45, 2.75) is 25.8 Å². The number of aryl methyl sites for hydroxylation is 1. The van der Waals surface area contributed by atoms with Crippen molar-refractivity contribution in [3.63, 3.8) is 0 Å². The van der Waals surface area contributed by atoms with Gasteiger partial charge >= 0.3 is 0 Å². The monoisotopic (exact) mass is 305 g/mol. The Morgan fingerprint density at radius 3 is 2.57 bits per heavy atom. The first-order chi connectivity index (χ1) is 11.2. The molecule has 1 atom stereocenters. The van der Waals surface area contributed by atoms with Gasteiger partial charge in [0.15, 0.2) is 0 Å². The standard InChI is InChI=1S/C19H19N3O/c1-12-6-5-9-15-16(12)19(23)22(14-7-3-2-4-8-14)18(21-15)17(20)13-10-11-13/h2-9,13,17H,10-11,20H2,1H3. The van der Waals surface area contributed by atoms with E-state index in [1.165, 1.54) is 0 Å². The number of hydrogen-bond donors (Lipinski definition) is 1. The Kier molecular flexibility index (Phi) is 3.27. The lowest BCUT2D eigenvalue weighted by atomic mass is 10.1. The Morgan fingerprint density at radius 1 is 1.13 bits per heavy atom. The summed E-state index contributed by atoms with van der Waals surface area (Å²) in [6.45, 7) is 1.95. The molecule has 0 radical (unpaired) electrons. The van der Waals surface area contributed by atoms with E-state index in [1.807, 2.05) is 55.5 Å². The summed E-state index contributed by atoms with van der Waals surface area (Å²) in [5.74, 6) is 1.10. The SMILES string of the molecule is Cc1cccc2nc(C(N)C3CC3)n(-c3ccccc3)c(=O)c12. The van der Waals surface area contributed by atoms with Crippen LogP contribution in [0.5, 0.6) is 0 Å². The van der Waals surface area contributed by atoms with Crippen molar-refractivity contribution in [1.82, 2.24) is 9.55 Å². The second-order valence-electron chi connectivity index (χ2n) is 6.28. The number of fused-ring (bicyclic) bond motifs is 1. The smallest absolute Gasteiger partial charge is 0.266 e. The molecule has 4 heteroatoms. The van der Waals surface area contributed by atoms with Gasteiger partial charge in [0, 0.05) is 0 Å². The van der Waals surface area contributed by atoms with Crippen LogP contribution in [0.15, 0.2) is 53.3 Å². The Morgan fingerprint density at radius 2 is 1.87 bits per heavy atom. The van der Waals surface area contributed by atoms with Gasteiger partial charge in [0.05, 0.1) is 22.6 Å². The number of nitrogens with two attached hydrogens (primary N) is 1. The Balaban J connectivity index is 2.08. The fraction of sp³-hybridized carbons (Fsp3) is 0.263. The first-order valence-electron chi connectivity index (χ1n) is 8.00. The maximum Gasteiger partial charge on any atom is 0.266 e. The van der Waals surface area contributed by atoms with Gasteiger partial charge in [-0.3, -0.25) is 9.36 Å². The van der Waals surface area contributed by atoms with Crippen LogP contribution >= 0.6 is 0 Å². The van der Waals surface area contributed by atoms with Gasteiger partial charge in [0.1, 0.15) is 5.82 Å². The summed E-state index contributed by atoms with van der Waals surface area (Å²) in [6, 6.07) is 15.2. The van der Waals surface area contributed by atoms with Crippen molar-refractivity contribution >= 4 is 10.9 Å². The fourth-order valence-electron chi connectivity index (χ4n) is 3.13. The molecule has 0 amide bonds. The van der Waals surface area contributed by atoms with Crippen LogP contribution in [-0.4, -0.2) is 9.55 Å². The highest BCUT2D eigenvalue weighted by Crippen LogP contribution is 2.39. The van der Waals surface area contributed by atoms with Crippen molar-refractivity contribution < 1.29 is 0 Å². The van der Waals surface area contributed by atoms with Crippen LogP contribution in [0, 0.1) is 12.8 Å². The minimum absolute atomic E-state index is 0.0367. The average molecular weight is 305 g/mol. The van der Waals surface area contributed by atoms with Crippen molar-refractivity contribution in [3.05, 3.63) is 70.3 Å². The van der Waals surface area contributed by atoms with Gasteiger partial charge in [-0.15, -0.1) is 0 Å². The van der Waals surface area contributed by atoms with E-state index in [4.69, 9.17) is 10.7 Å². The highest BCUT2D eigenvalue weighted by molar-refractivity contribution is 5.81. The fourth-order valence-corrected chi connectivity index (χ4v) is 3.13. The number of rotatable bonds is 3. The van der Waals surface area contributed by atoms with Gasteiger partial charge in [0.2, 0.25) is 0 Å². The number of benzene rings is 2. The molecule has 1 aliphatic carbocycles. The molecule has 1 fully saturated rings. The summed E-state index contributed by atoms with van der Waals surface area (Å²) in [5, 5.41) is 0.670. The highest BCUT2D eigenvalue weighted by atomic mass is 16.1. The quantitative estimate of drug-likeness (QED) is 0.809. The molecule has 1 aliphatic rings. The number of hydrogen-bond acceptors (Lipinski definition) is 3. The predicted molar refractivity (Wildman–Crippen MR) is 91.7 cm³/mol. The summed E-state index contributed by atoms with van der Waals surface area (Å²) < 4.78 is 1.69. The summed E-state index contributed by atoms with van der Waals surface area (Å²) in [7, 11) is 0. The van der Waals surface area contributed by atoms with Gasteiger partial charge < -0.3 is 5.73 Å². The van der Waals surface area contributed by atoms with E-state index in [9.17, 15) is 4.79 Å². The van der Waals surface area contributed by atoms with Gasteiger partial charge in [-0.05, 0) is 49.4 Å². The van der Waals surface area contributed by atoms with Crippen molar-refractivity contribution in [3.8, 4) is 5.69 Å². The molecule has 0 bridgehead atoms. The molecule has 1 aromatic heterocycles.